The molecule has 2 rings (SSSR count). The predicted molar refractivity (Wildman–Crippen MR) is 63.2 cm³/mol. The summed E-state index contributed by atoms with van der Waals surface area (Å²) in [6, 6.07) is 1.83. The van der Waals surface area contributed by atoms with Crippen LogP contribution in [0, 0.1) is 0 Å². The predicted octanol–water partition coefficient (Wildman–Crippen LogP) is 1.60. The quantitative estimate of drug-likeness (QED) is 0.639. The van der Waals surface area contributed by atoms with Crippen LogP contribution in [-0.2, 0) is 6.54 Å². The lowest BCUT2D eigenvalue weighted by molar-refractivity contribution is 0.939. The molecule has 0 radical (unpaired) electrons. The number of nitrogens with one attached hydrogen (secondary N) is 1. The van der Waals surface area contributed by atoms with Crippen LogP contribution in [0.1, 0.15) is 5.69 Å². The lowest BCUT2D eigenvalue weighted by atomic mass is 10.4. The molecule has 0 fully saturated rings. The van der Waals surface area contributed by atoms with E-state index in [9.17, 15) is 0 Å². The summed E-state index contributed by atoms with van der Waals surface area (Å²) in [4.78, 5) is 16.5. The Morgan fingerprint density at radius 1 is 1.25 bits per heavy atom. The van der Waals surface area contributed by atoms with Crippen LogP contribution in [0.15, 0.2) is 36.0 Å². The highest BCUT2D eigenvalue weighted by Gasteiger charge is 1.98. The van der Waals surface area contributed by atoms with E-state index in [1.807, 2.05) is 12.3 Å². The molecule has 0 aliphatic carbocycles. The summed E-state index contributed by atoms with van der Waals surface area (Å²) in [6.07, 6.45) is 8.73. The lowest BCUT2D eigenvalue weighted by Crippen LogP contribution is -2.04. The molecule has 0 saturated heterocycles. The summed E-state index contributed by atoms with van der Waals surface area (Å²) in [5.41, 5.74) is 0.881. The second-order valence-corrected chi connectivity index (χ2v) is 3.75. The number of thioether (sulfide) groups is 1. The van der Waals surface area contributed by atoms with Gasteiger partial charge in [0.15, 0.2) is 5.16 Å². The maximum absolute atomic E-state index is 4.30. The third-order valence-electron chi connectivity index (χ3n) is 1.88. The van der Waals surface area contributed by atoms with Crippen molar-refractivity contribution in [3.8, 4) is 0 Å². The standard InChI is InChI=1S/C10H11N5S/c1-16-10-13-3-2-9(15-10)14-7-8-6-11-4-5-12-8/h2-6H,7H2,1H3,(H,13,14,15). The zero-order valence-corrected chi connectivity index (χ0v) is 9.61. The molecule has 2 aromatic rings. The minimum Gasteiger partial charge on any atom is -0.364 e. The van der Waals surface area contributed by atoms with Crippen molar-refractivity contribution in [1.82, 2.24) is 19.9 Å². The van der Waals surface area contributed by atoms with Crippen molar-refractivity contribution >= 4 is 17.6 Å². The van der Waals surface area contributed by atoms with E-state index in [0.29, 0.717) is 6.54 Å². The molecule has 6 heteroatoms. The Balaban J connectivity index is 1.99. The molecule has 82 valence electrons. The van der Waals surface area contributed by atoms with Gasteiger partial charge < -0.3 is 5.32 Å². The van der Waals surface area contributed by atoms with Gasteiger partial charge in [-0.15, -0.1) is 0 Å². The summed E-state index contributed by atoms with van der Waals surface area (Å²) >= 11 is 1.51. The Morgan fingerprint density at radius 3 is 2.94 bits per heavy atom. The molecule has 1 N–H and O–H groups in total. The van der Waals surface area contributed by atoms with Crippen LogP contribution in [-0.4, -0.2) is 26.2 Å². The first-order valence-corrected chi connectivity index (χ1v) is 5.97. The minimum absolute atomic E-state index is 0.610. The SMILES string of the molecule is CSc1nccc(NCc2cnccn2)n1. The summed E-state index contributed by atoms with van der Waals surface area (Å²) < 4.78 is 0. The average Bonchev–Trinajstić information content (AvgIpc) is 2.38. The third-order valence-corrected chi connectivity index (χ3v) is 2.45. The van der Waals surface area contributed by atoms with E-state index in [0.717, 1.165) is 16.7 Å². The van der Waals surface area contributed by atoms with Crippen LogP contribution >= 0.6 is 11.8 Å². The Bertz CT molecular complexity index is 448. The van der Waals surface area contributed by atoms with Gasteiger partial charge in [-0.1, -0.05) is 11.8 Å². The largest absolute Gasteiger partial charge is 0.364 e. The molecule has 0 bridgehead atoms. The van der Waals surface area contributed by atoms with Gasteiger partial charge in [0, 0.05) is 18.6 Å². The maximum atomic E-state index is 4.30. The number of anilines is 1. The van der Waals surface area contributed by atoms with Gasteiger partial charge in [0.25, 0.3) is 0 Å². The first kappa shape index (κ1) is 10.8. The molecule has 2 heterocycles. The molecule has 16 heavy (non-hydrogen) atoms. The molecule has 0 amide bonds. The van der Waals surface area contributed by atoms with Gasteiger partial charge in [0.1, 0.15) is 5.82 Å². The van der Waals surface area contributed by atoms with Crippen LogP contribution in [0.5, 0.6) is 0 Å². The Morgan fingerprint density at radius 2 is 2.19 bits per heavy atom. The van der Waals surface area contributed by atoms with Crippen LogP contribution in [0.3, 0.4) is 0 Å². The van der Waals surface area contributed by atoms with Crippen molar-refractivity contribution < 1.29 is 0 Å². The van der Waals surface area contributed by atoms with Gasteiger partial charge in [-0.3, -0.25) is 9.97 Å². The number of hydrogen-bond donors (Lipinski definition) is 1. The van der Waals surface area contributed by atoms with Crippen LogP contribution in [0.2, 0.25) is 0 Å². The van der Waals surface area contributed by atoms with Crippen molar-refractivity contribution in [2.24, 2.45) is 0 Å². The molecule has 5 nitrogen and oxygen atoms in total. The second kappa shape index (κ2) is 5.41. The highest BCUT2D eigenvalue weighted by molar-refractivity contribution is 7.98. The molecule has 0 aliphatic rings. The third kappa shape index (κ3) is 2.90. The Hall–Kier alpha value is -1.69. The molecule has 2 aromatic heterocycles. The van der Waals surface area contributed by atoms with Gasteiger partial charge >= 0.3 is 0 Å². The molecule has 0 aliphatic heterocycles. The van der Waals surface area contributed by atoms with E-state index in [1.54, 1.807) is 24.8 Å². The fraction of sp³-hybridized carbons (Fsp3) is 0.200. The summed E-state index contributed by atoms with van der Waals surface area (Å²) in [5, 5.41) is 3.92. The van der Waals surface area contributed by atoms with Crippen molar-refractivity contribution in [1.29, 1.82) is 0 Å². The van der Waals surface area contributed by atoms with Crippen LogP contribution in [0.25, 0.3) is 0 Å². The molecule has 0 unspecified atom stereocenters. The highest BCUT2D eigenvalue weighted by atomic mass is 32.2. The average molecular weight is 233 g/mol. The van der Waals surface area contributed by atoms with Crippen LogP contribution < -0.4 is 5.32 Å². The highest BCUT2D eigenvalue weighted by Crippen LogP contribution is 2.10. The van der Waals surface area contributed by atoms with Gasteiger partial charge in [-0.05, 0) is 12.3 Å². The summed E-state index contributed by atoms with van der Waals surface area (Å²) in [5.74, 6) is 0.796. The van der Waals surface area contributed by atoms with Crippen molar-refractivity contribution in [2.75, 3.05) is 11.6 Å². The molecule has 0 spiro atoms. The van der Waals surface area contributed by atoms with Crippen LogP contribution in [0.4, 0.5) is 5.82 Å². The zero-order chi connectivity index (χ0) is 11.2. The maximum Gasteiger partial charge on any atom is 0.189 e. The number of hydrogen-bond acceptors (Lipinski definition) is 6. The van der Waals surface area contributed by atoms with E-state index >= 15 is 0 Å². The Labute approximate surface area is 97.8 Å². The van der Waals surface area contributed by atoms with E-state index in [-0.39, 0.29) is 0 Å². The first-order chi connectivity index (χ1) is 7.88. The van der Waals surface area contributed by atoms with E-state index in [2.05, 4.69) is 25.3 Å². The van der Waals surface area contributed by atoms with Crippen molar-refractivity contribution in [3.63, 3.8) is 0 Å². The fourth-order valence-corrected chi connectivity index (χ4v) is 1.50. The van der Waals surface area contributed by atoms with Gasteiger partial charge in [0.2, 0.25) is 0 Å². The number of rotatable bonds is 4. The van der Waals surface area contributed by atoms with E-state index in [1.165, 1.54) is 11.8 Å². The van der Waals surface area contributed by atoms with Gasteiger partial charge in [0.05, 0.1) is 18.4 Å². The smallest absolute Gasteiger partial charge is 0.189 e. The Kier molecular flexibility index (Phi) is 3.66. The minimum atomic E-state index is 0.610. The number of aromatic nitrogens is 4. The van der Waals surface area contributed by atoms with Gasteiger partial charge in [-0.2, -0.15) is 0 Å². The monoisotopic (exact) mass is 233 g/mol. The first-order valence-electron chi connectivity index (χ1n) is 4.74. The zero-order valence-electron chi connectivity index (χ0n) is 8.79. The molecule has 0 aromatic carbocycles. The topological polar surface area (TPSA) is 63.6 Å². The normalized spacial score (nSPS) is 10.1. The molecule has 0 atom stereocenters. The van der Waals surface area contributed by atoms with Crippen molar-refractivity contribution in [2.45, 2.75) is 11.7 Å². The second-order valence-electron chi connectivity index (χ2n) is 2.98. The summed E-state index contributed by atoms with van der Waals surface area (Å²) in [6.45, 7) is 0.610. The molecular weight excluding hydrogens is 222 g/mol. The van der Waals surface area contributed by atoms with E-state index in [4.69, 9.17) is 0 Å². The molecular formula is C10H11N5S. The number of nitrogens with zero attached hydrogens (tertiary/aromatic N) is 4. The summed E-state index contributed by atoms with van der Waals surface area (Å²) in [7, 11) is 0. The van der Waals surface area contributed by atoms with Gasteiger partial charge in [-0.25, -0.2) is 9.97 Å². The van der Waals surface area contributed by atoms with Crippen molar-refractivity contribution in [3.05, 3.63) is 36.5 Å². The molecule has 0 saturated carbocycles. The lowest BCUT2D eigenvalue weighted by Gasteiger charge is -2.04. The fourth-order valence-electron chi connectivity index (χ4n) is 1.14. The van der Waals surface area contributed by atoms with E-state index < -0.39 is 0 Å².